The molecule has 0 saturated heterocycles. The van der Waals surface area contributed by atoms with Gasteiger partial charge in [0.2, 0.25) is 8.37 Å². The van der Waals surface area contributed by atoms with Crippen LogP contribution >= 0.6 is 43.7 Å². The average Bonchev–Trinajstić information content (AvgIpc) is 3.74. The number of rotatable bonds is 6. The van der Waals surface area contributed by atoms with Crippen LogP contribution in [0.4, 0.5) is 0 Å². The molecule has 0 spiro atoms. The normalized spacial score (nSPS) is 11.8. The van der Waals surface area contributed by atoms with E-state index in [4.69, 9.17) is 17.5 Å². The van der Waals surface area contributed by atoms with Crippen molar-refractivity contribution < 1.29 is 34.9 Å². The molecular weight excluding hydrogens is 529 g/mol. The first kappa shape index (κ1) is 22.0. The zero-order valence-corrected chi connectivity index (χ0v) is 22.6. The second-order valence-corrected chi connectivity index (χ2v) is 9.51. The first-order chi connectivity index (χ1) is 18.3. The second-order valence-electron chi connectivity index (χ2n) is 5.20. The molecule has 0 atom stereocenters. The van der Waals surface area contributed by atoms with Gasteiger partial charge in [0.15, 0.2) is 0 Å². The van der Waals surface area contributed by atoms with Gasteiger partial charge in [0, 0.05) is 36.0 Å². The smallest absolute Gasteiger partial charge is 0 e. The average molecular weight is 560 g/mol. The summed E-state index contributed by atoms with van der Waals surface area (Å²) in [6.45, 7) is 9.00. The molecule has 5 nitrogen and oxygen atoms in total. The quantitative estimate of drug-likeness (QED) is 0.110. The largest absolute Gasteiger partial charge is 0 e. The van der Waals surface area contributed by atoms with Gasteiger partial charge in [-0.15, -0.1) is 35.3 Å². The van der Waals surface area contributed by atoms with Crippen molar-refractivity contribution >= 4 is 43.7 Å². The van der Waals surface area contributed by atoms with Crippen molar-refractivity contribution in [3.8, 4) is 0 Å². The van der Waals surface area contributed by atoms with Gasteiger partial charge in [-0.3, -0.25) is 13.0 Å². The molecule has 0 saturated carbocycles. The topological polar surface area (TPSA) is 54.6 Å². The van der Waals surface area contributed by atoms with Crippen LogP contribution in [0, 0.1) is 13.3 Å². The molecular formula is C23H24CrN3O2PS3. The van der Waals surface area contributed by atoms with Crippen molar-refractivity contribution in [2.75, 3.05) is 18.8 Å². The fraction of sp³-hybridized carbons (Fsp3) is 0.130. The predicted octanol–water partition coefficient (Wildman–Crippen LogP) is 7.04. The molecule has 1 aromatic carbocycles. The molecule has 3 aromatic heterocycles. The van der Waals surface area contributed by atoms with Crippen molar-refractivity contribution in [3.05, 3.63) is 105 Å². The molecule has 0 fully saturated rings. The summed E-state index contributed by atoms with van der Waals surface area (Å²) in [5.41, 5.74) is 0. The van der Waals surface area contributed by atoms with Crippen LogP contribution in [0.5, 0.6) is 0 Å². The van der Waals surface area contributed by atoms with Crippen molar-refractivity contribution in [2.24, 2.45) is 0 Å². The van der Waals surface area contributed by atoms with Crippen LogP contribution in [-0.4, -0.2) is 31.8 Å². The van der Waals surface area contributed by atoms with Crippen LogP contribution in [0.3, 0.4) is 0 Å². The van der Waals surface area contributed by atoms with E-state index >= 15 is 0 Å². The molecule has 0 aliphatic heterocycles. The van der Waals surface area contributed by atoms with Crippen LogP contribution in [-0.2, 0) is 26.7 Å². The Labute approximate surface area is 229 Å². The zero-order valence-electron chi connectivity index (χ0n) is 23.9. The van der Waals surface area contributed by atoms with E-state index < -0.39 is 44.6 Å². The third-order valence-corrected chi connectivity index (χ3v) is 8.52. The minimum Gasteiger partial charge on any atom is 0 e. The van der Waals surface area contributed by atoms with E-state index in [0.717, 1.165) is 0 Å². The minimum absolute atomic E-state index is 0. The maximum atomic E-state index is 7.50. The molecule has 0 unspecified atom stereocenters. The molecule has 10 heteroatoms. The number of hydrogen-bond donors (Lipinski definition) is 0. The maximum Gasteiger partial charge on any atom is 0 e. The molecule has 0 N–H and O–H groups in total. The summed E-state index contributed by atoms with van der Waals surface area (Å²) in [7, 11) is -0.727. The molecule has 0 aliphatic carbocycles. The molecule has 0 radical (unpaired) electrons. The molecule has 172 valence electrons. The number of hydrogen-bond acceptors (Lipinski definition) is 3. The van der Waals surface area contributed by atoms with Crippen molar-refractivity contribution in [2.45, 2.75) is 15.1 Å². The third-order valence-electron chi connectivity index (χ3n) is 3.66. The van der Waals surface area contributed by atoms with Crippen LogP contribution in [0.25, 0.3) is 0 Å². The Balaban J connectivity index is 0.000000726. The molecule has 4 rings (SSSR count). The van der Waals surface area contributed by atoms with E-state index in [1.54, 1.807) is 35.3 Å². The Kier molecular flexibility index (Phi) is 12.6. The van der Waals surface area contributed by atoms with Gasteiger partial charge in [-0.25, -0.2) is 0 Å². The van der Waals surface area contributed by atoms with E-state index in [1.165, 1.54) is 15.1 Å². The van der Waals surface area contributed by atoms with Crippen LogP contribution < -0.4 is 0 Å². The Bertz CT molecular complexity index is 1170. The van der Waals surface area contributed by atoms with Crippen LogP contribution in [0.1, 0.15) is 8.22 Å². The summed E-state index contributed by atoms with van der Waals surface area (Å²) in [5.74, 6) is 0. The first-order valence-corrected chi connectivity index (χ1v) is 13.5. The molecule has 4 aromatic rings. The van der Waals surface area contributed by atoms with Gasteiger partial charge in [0.25, 0.3) is 0 Å². The van der Waals surface area contributed by atoms with Gasteiger partial charge in [0.05, 0.1) is 23.3 Å². The Morgan fingerprint density at radius 3 is 1.09 bits per heavy atom. The number of thioether (sulfide) groups is 3. The van der Waals surface area contributed by atoms with E-state index in [0.29, 0.717) is 0 Å². The third kappa shape index (κ3) is 9.02. The standard InChI is InChI=1S/C15H18N3PS3.C6H6.2CO.Cr/c1-20-13-7-4-10-16(13)19(17-11-5-8-14(17)21-2)18-12-6-9-15(18)22-3;1-2-4-6-5-3-1;2*1-2;/h4-12H,1-3H3;1-6H;;;/i;1D,2D,3D,4D,5D,6D;;;. The Hall–Kier alpha value is -1.45. The summed E-state index contributed by atoms with van der Waals surface area (Å²) in [5, 5.41) is 3.85. The fourth-order valence-electron chi connectivity index (χ4n) is 2.50. The summed E-state index contributed by atoms with van der Waals surface area (Å²) in [6, 6.07) is 10.2. The number of benzene rings is 1. The first-order valence-electron chi connectivity index (χ1n) is 11.7. The number of aromatic nitrogens is 3. The predicted molar refractivity (Wildman–Crippen MR) is 136 cm³/mol. The fourth-order valence-corrected chi connectivity index (χ4v) is 7.22. The summed E-state index contributed by atoms with van der Waals surface area (Å²) >= 11 is 5.37. The van der Waals surface area contributed by atoms with Crippen molar-refractivity contribution in [1.29, 1.82) is 0 Å². The minimum atomic E-state index is -0.727. The van der Waals surface area contributed by atoms with Gasteiger partial charge < -0.3 is 0 Å². The van der Waals surface area contributed by atoms with E-state index in [2.05, 4.69) is 100 Å². The summed E-state index contributed by atoms with van der Waals surface area (Å²) < 4.78 is 64.9. The second kappa shape index (κ2) is 18.9. The summed E-state index contributed by atoms with van der Waals surface area (Å²) in [4.78, 5) is 0. The molecule has 0 amide bonds. The monoisotopic (exact) mass is 559 g/mol. The maximum absolute atomic E-state index is 7.50. The van der Waals surface area contributed by atoms with Crippen LogP contribution in [0.2, 0.25) is 0 Å². The SMILES string of the molecule is CSc1cccn1P(n1cccc1SC)n1cccc1SC.[2H]c1c([2H])c([2H])c([2H])c([2H])c1[2H].[C-]#[O+].[C-]#[O+].[Cr]. The number of nitrogens with zero attached hydrogens (tertiary/aromatic N) is 3. The molecule has 3 heterocycles. The van der Waals surface area contributed by atoms with Gasteiger partial charge >= 0.3 is 22.6 Å². The molecule has 33 heavy (non-hydrogen) atoms. The zero-order chi connectivity index (χ0) is 29.0. The van der Waals surface area contributed by atoms with Gasteiger partial charge in [-0.05, 0) is 55.2 Å². The molecule has 0 bridgehead atoms. The summed E-state index contributed by atoms with van der Waals surface area (Å²) in [6.07, 6.45) is 13.0. The Morgan fingerprint density at radius 1 is 0.636 bits per heavy atom. The molecule has 0 aliphatic rings. The van der Waals surface area contributed by atoms with Crippen LogP contribution in [0.15, 0.2) is 106 Å². The van der Waals surface area contributed by atoms with Gasteiger partial charge in [0.1, 0.15) is 0 Å². The van der Waals surface area contributed by atoms with Crippen molar-refractivity contribution in [1.82, 2.24) is 13.0 Å². The van der Waals surface area contributed by atoms with Gasteiger partial charge in [-0.2, -0.15) is 0 Å². The van der Waals surface area contributed by atoms with Gasteiger partial charge in [-0.1, -0.05) is 36.3 Å². The van der Waals surface area contributed by atoms with Crippen molar-refractivity contribution in [3.63, 3.8) is 0 Å². The van der Waals surface area contributed by atoms with E-state index in [9.17, 15) is 0 Å². The van der Waals surface area contributed by atoms with E-state index in [-0.39, 0.29) is 17.4 Å². The Morgan fingerprint density at radius 2 is 0.879 bits per heavy atom. The van der Waals surface area contributed by atoms with E-state index in [1.807, 2.05) is 0 Å².